The van der Waals surface area contributed by atoms with E-state index < -0.39 is 11.5 Å². The van der Waals surface area contributed by atoms with Crippen molar-refractivity contribution in [1.29, 1.82) is 0 Å². The number of hydrogen-bond acceptors (Lipinski definition) is 5. The van der Waals surface area contributed by atoms with Crippen molar-refractivity contribution in [1.82, 2.24) is 4.90 Å². The first-order valence-electron chi connectivity index (χ1n) is 10.9. The molecule has 0 heterocycles. The highest BCUT2D eigenvalue weighted by molar-refractivity contribution is 6.05. The molecule has 0 aliphatic heterocycles. The first-order valence-corrected chi connectivity index (χ1v) is 10.9. The number of ether oxygens (including phenoxy) is 1. The van der Waals surface area contributed by atoms with Crippen LogP contribution in [0.25, 0.3) is 0 Å². The van der Waals surface area contributed by atoms with Crippen molar-refractivity contribution in [3.05, 3.63) is 91.0 Å². The number of benzene rings is 2. The van der Waals surface area contributed by atoms with Crippen LogP contribution in [0.1, 0.15) is 29.3 Å². The molecule has 0 saturated heterocycles. The fourth-order valence-corrected chi connectivity index (χ4v) is 3.81. The van der Waals surface area contributed by atoms with Crippen LogP contribution in [0.3, 0.4) is 0 Å². The van der Waals surface area contributed by atoms with Crippen LogP contribution in [0, 0.1) is 0 Å². The molecule has 0 aliphatic rings. The number of ketones is 1. The van der Waals surface area contributed by atoms with E-state index in [2.05, 4.69) is 13.2 Å². The lowest BCUT2D eigenvalue weighted by Gasteiger charge is -2.38. The maximum absolute atomic E-state index is 13.7. The molecular weight excluding hydrogens is 416 g/mol. The highest BCUT2D eigenvalue weighted by Gasteiger charge is 2.39. The summed E-state index contributed by atoms with van der Waals surface area (Å²) >= 11 is 0. The fraction of sp³-hybridized carbons (Fsp3) is 0.296. The predicted molar refractivity (Wildman–Crippen MR) is 131 cm³/mol. The molecule has 0 N–H and O–H groups in total. The van der Waals surface area contributed by atoms with E-state index in [0.717, 1.165) is 11.6 Å². The Morgan fingerprint density at radius 1 is 0.970 bits per heavy atom. The zero-order chi connectivity index (χ0) is 24.4. The first kappa shape index (κ1) is 25.7. The zero-order valence-electron chi connectivity index (χ0n) is 19.6. The summed E-state index contributed by atoms with van der Waals surface area (Å²) in [6.07, 6.45) is 3.50. The van der Waals surface area contributed by atoms with Crippen molar-refractivity contribution in [2.45, 2.75) is 25.3 Å². The van der Waals surface area contributed by atoms with Gasteiger partial charge in [0.2, 0.25) is 5.91 Å². The highest BCUT2D eigenvalue weighted by Crippen LogP contribution is 2.28. The normalized spacial score (nSPS) is 12.5. The van der Waals surface area contributed by atoms with Crippen LogP contribution in [0.5, 0.6) is 0 Å². The molecule has 0 spiro atoms. The van der Waals surface area contributed by atoms with Crippen LogP contribution in [-0.2, 0) is 20.7 Å². The van der Waals surface area contributed by atoms with Gasteiger partial charge in [0.15, 0.2) is 5.78 Å². The van der Waals surface area contributed by atoms with Gasteiger partial charge in [-0.2, -0.15) is 0 Å². The minimum atomic E-state index is -0.696. The quantitative estimate of drug-likeness (QED) is 0.278. The van der Waals surface area contributed by atoms with E-state index in [0.29, 0.717) is 24.1 Å². The van der Waals surface area contributed by atoms with Crippen LogP contribution in [0.4, 0.5) is 5.69 Å². The van der Waals surface area contributed by atoms with Crippen LogP contribution >= 0.6 is 0 Å². The SMILES string of the molecule is C=CC(=O)OCCN(C(=O)C=C)c1ccc(C(=O)C(CC)(Cc2ccccc2)N(C)C)cc1. The third kappa shape index (κ3) is 6.26. The van der Waals surface area contributed by atoms with Crippen molar-refractivity contribution >= 4 is 23.3 Å². The molecule has 33 heavy (non-hydrogen) atoms. The van der Waals surface area contributed by atoms with Gasteiger partial charge in [-0.3, -0.25) is 14.5 Å². The van der Waals surface area contributed by atoms with E-state index >= 15 is 0 Å². The number of carbonyl (C=O) groups is 3. The molecule has 2 aromatic rings. The second kappa shape index (κ2) is 11.9. The van der Waals surface area contributed by atoms with Gasteiger partial charge in [-0.1, -0.05) is 50.4 Å². The van der Waals surface area contributed by atoms with Gasteiger partial charge in [0.05, 0.1) is 12.1 Å². The third-order valence-corrected chi connectivity index (χ3v) is 5.81. The smallest absolute Gasteiger partial charge is 0.330 e. The topological polar surface area (TPSA) is 66.9 Å². The summed E-state index contributed by atoms with van der Waals surface area (Å²) in [5.74, 6) is -0.865. The van der Waals surface area contributed by atoms with E-state index in [1.165, 1.54) is 11.0 Å². The molecule has 174 valence electrons. The van der Waals surface area contributed by atoms with Gasteiger partial charge in [0, 0.05) is 17.3 Å². The summed E-state index contributed by atoms with van der Waals surface area (Å²) in [5.41, 5.74) is 1.54. The Kier molecular flexibility index (Phi) is 9.30. The van der Waals surface area contributed by atoms with Crippen LogP contribution in [0.2, 0.25) is 0 Å². The zero-order valence-corrected chi connectivity index (χ0v) is 19.6. The fourth-order valence-electron chi connectivity index (χ4n) is 3.81. The standard InChI is InChI=1S/C27H32N2O4/c1-6-24(30)29(18-19-33-25(31)7-2)23-16-14-22(15-17-23)26(32)27(8-3,28(4)5)20-21-12-10-9-11-13-21/h6-7,9-17H,1-2,8,18-20H2,3-5H3. The Balaban J connectivity index is 2.29. The van der Waals surface area contributed by atoms with Crippen molar-refractivity contribution in [3.63, 3.8) is 0 Å². The van der Waals surface area contributed by atoms with Crippen molar-refractivity contribution in [2.75, 3.05) is 32.1 Å². The maximum Gasteiger partial charge on any atom is 0.330 e. The van der Waals surface area contributed by atoms with Crippen molar-refractivity contribution in [3.8, 4) is 0 Å². The third-order valence-electron chi connectivity index (χ3n) is 5.81. The molecule has 0 saturated carbocycles. The number of hydrogen-bond donors (Lipinski definition) is 0. The second-order valence-electron chi connectivity index (χ2n) is 7.88. The Hall–Kier alpha value is -3.51. The Morgan fingerprint density at radius 2 is 1.61 bits per heavy atom. The Morgan fingerprint density at radius 3 is 2.12 bits per heavy atom. The highest BCUT2D eigenvalue weighted by atomic mass is 16.5. The van der Waals surface area contributed by atoms with Crippen LogP contribution < -0.4 is 4.90 Å². The van der Waals surface area contributed by atoms with E-state index in [4.69, 9.17) is 4.74 Å². The monoisotopic (exact) mass is 448 g/mol. The number of likely N-dealkylation sites (N-methyl/N-ethyl adjacent to an activating group) is 1. The molecule has 0 bridgehead atoms. The molecule has 6 heteroatoms. The summed E-state index contributed by atoms with van der Waals surface area (Å²) < 4.78 is 5.00. The lowest BCUT2D eigenvalue weighted by atomic mass is 9.80. The summed E-state index contributed by atoms with van der Waals surface area (Å²) in [4.78, 5) is 40.8. The lowest BCUT2D eigenvalue weighted by Crippen LogP contribution is -2.52. The summed E-state index contributed by atoms with van der Waals surface area (Å²) in [6, 6.07) is 16.9. The number of rotatable bonds is 12. The molecule has 1 unspecified atom stereocenters. The molecule has 1 amide bonds. The van der Waals surface area contributed by atoms with Crippen LogP contribution in [-0.4, -0.2) is 55.3 Å². The van der Waals surface area contributed by atoms with Gasteiger partial charge < -0.3 is 9.64 Å². The minimum absolute atomic E-state index is 0.0156. The molecule has 0 aromatic heterocycles. The molecule has 0 radical (unpaired) electrons. The molecule has 6 nitrogen and oxygen atoms in total. The summed E-state index contributed by atoms with van der Waals surface area (Å²) in [5, 5.41) is 0. The van der Waals surface area contributed by atoms with Gasteiger partial charge in [-0.05, 0) is 62.8 Å². The number of amides is 1. The Labute approximate surface area is 196 Å². The molecular formula is C27H32N2O4. The van der Waals surface area contributed by atoms with Gasteiger partial charge in [0.1, 0.15) is 6.61 Å². The average Bonchev–Trinajstić information content (AvgIpc) is 2.84. The lowest BCUT2D eigenvalue weighted by molar-refractivity contribution is -0.137. The summed E-state index contributed by atoms with van der Waals surface area (Å²) in [6.45, 7) is 9.08. The van der Waals surface area contributed by atoms with Crippen molar-refractivity contribution < 1.29 is 19.1 Å². The molecule has 2 aromatic carbocycles. The minimum Gasteiger partial charge on any atom is -0.461 e. The molecule has 0 aliphatic carbocycles. The molecule has 0 fully saturated rings. The first-order chi connectivity index (χ1) is 15.8. The van der Waals surface area contributed by atoms with E-state index in [-0.39, 0.29) is 24.8 Å². The van der Waals surface area contributed by atoms with Gasteiger partial charge in [0.25, 0.3) is 0 Å². The van der Waals surface area contributed by atoms with E-state index in [9.17, 15) is 14.4 Å². The number of Topliss-reactive ketones (excluding diaryl/α,β-unsaturated/α-hetero) is 1. The van der Waals surface area contributed by atoms with E-state index in [1.807, 2.05) is 56.3 Å². The van der Waals surface area contributed by atoms with Crippen molar-refractivity contribution in [2.24, 2.45) is 0 Å². The van der Waals surface area contributed by atoms with E-state index in [1.54, 1.807) is 24.3 Å². The number of nitrogens with zero attached hydrogens (tertiary/aromatic N) is 2. The Bertz CT molecular complexity index is 983. The number of carbonyl (C=O) groups excluding carboxylic acids is 3. The maximum atomic E-state index is 13.7. The van der Waals surface area contributed by atoms with Gasteiger partial charge in [-0.15, -0.1) is 0 Å². The summed E-state index contributed by atoms with van der Waals surface area (Å²) in [7, 11) is 3.85. The predicted octanol–water partition coefficient (Wildman–Crippen LogP) is 4.07. The molecule has 2 rings (SSSR count). The average molecular weight is 449 g/mol. The van der Waals surface area contributed by atoms with Gasteiger partial charge >= 0.3 is 5.97 Å². The largest absolute Gasteiger partial charge is 0.461 e. The van der Waals surface area contributed by atoms with Crippen LogP contribution in [0.15, 0.2) is 79.9 Å². The number of anilines is 1. The second-order valence-corrected chi connectivity index (χ2v) is 7.88. The van der Waals surface area contributed by atoms with Gasteiger partial charge in [-0.25, -0.2) is 4.79 Å². The number of esters is 1. The molecule has 1 atom stereocenters.